The van der Waals surface area contributed by atoms with Crippen LogP contribution in [0.3, 0.4) is 0 Å². The second kappa shape index (κ2) is 8.92. The number of hydrogen-bond acceptors (Lipinski definition) is 5. The van der Waals surface area contributed by atoms with Gasteiger partial charge >= 0.3 is 11.9 Å². The summed E-state index contributed by atoms with van der Waals surface area (Å²) >= 11 is 0. The smallest absolute Gasteiger partial charge is 0.311 e. The number of carbonyl (C=O) groups is 2. The zero-order chi connectivity index (χ0) is 22.5. The highest BCUT2D eigenvalue weighted by molar-refractivity contribution is 5.76. The normalized spacial score (nSPS) is 41.8. The lowest BCUT2D eigenvalue weighted by Gasteiger charge is -2.54. The molecule has 4 unspecified atom stereocenters. The van der Waals surface area contributed by atoms with E-state index in [-0.39, 0.29) is 36.7 Å². The molecule has 0 amide bonds. The highest BCUT2D eigenvalue weighted by atomic mass is 16.7. The predicted molar refractivity (Wildman–Crippen MR) is 120 cm³/mol. The van der Waals surface area contributed by atoms with E-state index >= 15 is 0 Å². The van der Waals surface area contributed by atoms with Crippen LogP contribution in [0, 0.1) is 52.8 Å². The Morgan fingerprint density at radius 3 is 2.16 bits per heavy atom. The predicted octanol–water partition coefficient (Wildman–Crippen LogP) is 5.36. The van der Waals surface area contributed by atoms with Gasteiger partial charge in [-0.3, -0.25) is 9.59 Å². The fraction of sp³-hybridized carbons (Fsp3) is 0.926. The Bertz CT molecular complexity index is 687. The van der Waals surface area contributed by atoms with E-state index in [1.165, 1.54) is 32.1 Å². The fourth-order valence-corrected chi connectivity index (χ4v) is 8.13. The van der Waals surface area contributed by atoms with Crippen molar-refractivity contribution in [1.82, 2.24) is 0 Å². The highest BCUT2D eigenvalue weighted by Crippen LogP contribution is 2.57. The summed E-state index contributed by atoms with van der Waals surface area (Å²) in [6, 6.07) is 0. The third kappa shape index (κ3) is 4.35. The largest absolute Gasteiger partial charge is 0.462 e. The first-order valence-corrected chi connectivity index (χ1v) is 13.3. The molecule has 32 heavy (non-hydrogen) atoms. The van der Waals surface area contributed by atoms with E-state index in [9.17, 15) is 9.59 Å². The van der Waals surface area contributed by atoms with Gasteiger partial charge in [-0.05, 0) is 114 Å². The molecule has 6 saturated carbocycles. The van der Waals surface area contributed by atoms with Crippen LogP contribution in [0.1, 0.15) is 85.0 Å². The van der Waals surface area contributed by atoms with Gasteiger partial charge in [-0.1, -0.05) is 6.92 Å². The van der Waals surface area contributed by atoms with Crippen molar-refractivity contribution in [3.8, 4) is 0 Å². The van der Waals surface area contributed by atoms with Crippen molar-refractivity contribution < 1.29 is 23.8 Å². The summed E-state index contributed by atoms with van der Waals surface area (Å²) in [5.41, 5.74) is -0.469. The Labute approximate surface area is 193 Å². The topological polar surface area (TPSA) is 61.8 Å². The minimum Gasteiger partial charge on any atom is -0.462 e. The Morgan fingerprint density at radius 2 is 1.53 bits per heavy atom. The molecule has 6 bridgehead atoms. The molecule has 0 heterocycles. The molecule has 0 aromatic heterocycles. The van der Waals surface area contributed by atoms with Crippen LogP contribution in [0.2, 0.25) is 0 Å². The second-order valence-electron chi connectivity index (χ2n) is 12.4. The van der Waals surface area contributed by atoms with E-state index in [1.807, 2.05) is 20.8 Å². The van der Waals surface area contributed by atoms with E-state index in [0.717, 1.165) is 61.7 Å². The molecule has 0 aromatic rings. The molecule has 180 valence electrons. The summed E-state index contributed by atoms with van der Waals surface area (Å²) in [5.74, 6) is 4.81. The Kier molecular flexibility index (Phi) is 6.32. The number of ether oxygens (including phenoxy) is 3. The van der Waals surface area contributed by atoms with Crippen LogP contribution in [-0.4, -0.2) is 31.4 Å². The molecule has 6 fully saturated rings. The second-order valence-corrected chi connectivity index (χ2v) is 12.4. The molecule has 0 saturated heterocycles. The van der Waals surface area contributed by atoms with Crippen LogP contribution in [0.4, 0.5) is 0 Å². The summed E-state index contributed by atoms with van der Waals surface area (Å²) < 4.78 is 17.2. The number of rotatable bonds is 9. The van der Waals surface area contributed by atoms with Gasteiger partial charge in [0.25, 0.3) is 0 Å². The van der Waals surface area contributed by atoms with Crippen LogP contribution >= 0.6 is 0 Å². The zero-order valence-electron chi connectivity index (χ0n) is 20.2. The van der Waals surface area contributed by atoms with Gasteiger partial charge in [0.05, 0.1) is 17.9 Å². The van der Waals surface area contributed by atoms with Gasteiger partial charge in [-0.25, -0.2) is 0 Å². The Balaban J connectivity index is 1.03. The summed E-state index contributed by atoms with van der Waals surface area (Å²) in [4.78, 5) is 25.3. The van der Waals surface area contributed by atoms with Gasteiger partial charge in [0.1, 0.15) is 6.10 Å². The quantitative estimate of drug-likeness (QED) is 0.271. The van der Waals surface area contributed by atoms with Gasteiger partial charge in [0.15, 0.2) is 6.79 Å². The molecule has 6 aliphatic rings. The first-order chi connectivity index (χ1) is 15.3. The molecule has 0 aromatic carbocycles. The SMILES string of the molecule is CCC(C)(C)C(=O)OC1CC2CC(C(=O)OCOCCC3C4CC5CC(C4)CC3C5)C1C2. The number of carbonyl (C=O) groups excluding carboxylic acids is 2. The number of hydrogen-bond donors (Lipinski definition) is 0. The van der Waals surface area contributed by atoms with Crippen molar-refractivity contribution in [1.29, 1.82) is 0 Å². The van der Waals surface area contributed by atoms with Crippen molar-refractivity contribution in [2.75, 3.05) is 13.4 Å². The molecule has 0 aliphatic heterocycles. The van der Waals surface area contributed by atoms with Crippen molar-refractivity contribution in [3.63, 3.8) is 0 Å². The lowest BCUT2D eigenvalue weighted by atomic mass is 9.51. The molecule has 0 N–H and O–H groups in total. The van der Waals surface area contributed by atoms with E-state index in [4.69, 9.17) is 14.2 Å². The summed E-state index contributed by atoms with van der Waals surface area (Å²) in [7, 11) is 0. The first-order valence-electron chi connectivity index (χ1n) is 13.3. The lowest BCUT2D eigenvalue weighted by molar-refractivity contribution is -0.172. The summed E-state index contributed by atoms with van der Waals surface area (Å²) in [6.07, 6.45) is 11.7. The standard InChI is InChI=1S/C27H42O5/c1-4-27(2,3)26(29)32-24-14-18-12-22(24)23(13-18)25(28)31-15-30-6-5-21-19-8-16-7-17(10-19)11-20(21)9-16/h16-24H,4-15H2,1-3H3. The minimum atomic E-state index is -0.469. The Morgan fingerprint density at radius 1 is 0.875 bits per heavy atom. The molecule has 6 rings (SSSR count). The van der Waals surface area contributed by atoms with E-state index in [2.05, 4.69) is 0 Å². The average molecular weight is 447 g/mol. The molecule has 5 heteroatoms. The van der Waals surface area contributed by atoms with Gasteiger partial charge in [-0.15, -0.1) is 0 Å². The van der Waals surface area contributed by atoms with E-state index in [1.54, 1.807) is 0 Å². The molecule has 4 atom stereocenters. The molecule has 5 nitrogen and oxygen atoms in total. The van der Waals surface area contributed by atoms with Crippen LogP contribution in [0.15, 0.2) is 0 Å². The highest BCUT2D eigenvalue weighted by Gasteiger charge is 2.52. The van der Waals surface area contributed by atoms with Gasteiger partial charge < -0.3 is 14.2 Å². The number of fused-ring (bicyclic) bond motifs is 2. The van der Waals surface area contributed by atoms with Gasteiger partial charge in [0.2, 0.25) is 0 Å². The summed E-state index contributed by atoms with van der Waals surface area (Å²) in [6.45, 7) is 6.62. The molecular formula is C27H42O5. The maximum atomic E-state index is 12.7. The third-order valence-electron chi connectivity index (χ3n) is 10.1. The van der Waals surface area contributed by atoms with Crippen molar-refractivity contribution in [2.45, 2.75) is 91.1 Å². The van der Waals surface area contributed by atoms with Crippen LogP contribution in [-0.2, 0) is 23.8 Å². The lowest BCUT2D eigenvalue weighted by Crippen LogP contribution is -2.45. The van der Waals surface area contributed by atoms with E-state index < -0.39 is 5.41 Å². The average Bonchev–Trinajstić information content (AvgIpc) is 3.35. The fourth-order valence-electron chi connectivity index (χ4n) is 8.13. The monoisotopic (exact) mass is 446 g/mol. The molecular weight excluding hydrogens is 404 g/mol. The minimum absolute atomic E-state index is 0.0628. The number of esters is 2. The van der Waals surface area contributed by atoms with Crippen LogP contribution in [0.25, 0.3) is 0 Å². The van der Waals surface area contributed by atoms with Crippen molar-refractivity contribution >= 4 is 11.9 Å². The van der Waals surface area contributed by atoms with Crippen LogP contribution in [0.5, 0.6) is 0 Å². The summed E-state index contributed by atoms with van der Waals surface area (Å²) in [5, 5.41) is 0. The van der Waals surface area contributed by atoms with E-state index in [0.29, 0.717) is 12.5 Å². The van der Waals surface area contributed by atoms with Crippen LogP contribution < -0.4 is 0 Å². The molecule has 0 spiro atoms. The maximum Gasteiger partial charge on any atom is 0.311 e. The van der Waals surface area contributed by atoms with Crippen molar-refractivity contribution in [3.05, 3.63) is 0 Å². The molecule has 0 radical (unpaired) electrons. The van der Waals surface area contributed by atoms with Gasteiger partial charge in [0, 0.05) is 5.92 Å². The third-order valence-corrected chi connectivity index (χ3v) is 10.1. The van der Waals surface area contributed by atoms with Gasteiger partial charge in [-0.2, -0.15) is 0 Å². The first kappa shape index (κ1) is 22.7. The maximum absolute atomic E-state index is 12.7. The molecule has 6 aliphatic carbocycles. The zero-order valence-corrected chi connectivity index (χ0v) is 20.2. The van der Waals surface area contributed by atoms with Crippen molar-refractivity contribution in [2.24, 2.45) is 52.8 Å². The Hall–Kier alpha value is -1.10.